The summed E-state index contributed by atoms with van der Waals surface area (Å²) in [5, 5.41) is 1.96. The average molecular weight is 238 g/mol. The Kier molecular flexibility index (Phi) is 6.20. The molecule has 1 aliphatic heterocycles. The second kappa shape index (κ2) is 7.54. The molecule has 2 nitrogen and oxygen atoms in total. The molecule has 0 aliphatic carbocycles. The van der Waals surface area contributed by atoms with E-state index in [-0.39, 0.29) is 0 Å². The zero-order chi connectivity index (χ0) is 10.9. The molecule has 0 saturated heterocycles. The highest BCUT2D eigenvalue weighted by Gasteiger charge is 2.02. The van der Waals surface area contributed by atoms with Crippen LogP contribution >= 0.6 is 21.6 Å². The molecule has 0 aromatic heterocycles. The SMILES string of the molecule is C=N/C(=C\C=C/C)SSC1=NCCC=C1. The molecule has 1 heterocycles. The highest BCUT2D eigenvalue weighted by atomic mass is 33.1. The molecule has 0 amide bonds. The van der Waals surface area contributed by atoms with Crippen molar-refractivity contribution in [3.8, 4) is 0 Å². The first-order valence-corrected chi connectivity index (χ1v) is 6.87. The van der Waals surface area contributed by atoms with Crippen molar-refractivity contribution in [3.05, 3.63) is 35.4 Å². The van der Waals surface area contributed by atoms with E-state index in [2.05, 4.69) is 28.9 Å². The Balaban J connectivity index is 2.43. The number of allylic oxidation sites excluding steroid dienone is 3. The largest absolute Gasteiger partial charge is 0.277 e. The number of nitrogens with zero attached hydrogens (tertiary/aromatic N) is 2. The molecule has 0 radical (unpaired) electrons. The summed E-state index contributed by atoms with van der Waals surface area (Å²) in [5.41, 5.74) is 0. The molecule has 0 fully saturated rings. The highest BCUT2D eigenvalue weighted by Crippen LogP contribution is 2.32. The van der Waals surface area contributed by atoms with Crippen LogP contribution in [0, 0.1) is 0 Å². The zero-order valence-electron chi connectivity index (χ0n) is 8.72. The van der Waals surface area contributed by atoms with E-state index in [1.807, 2.05) is 25.2 Å². The Morgan fingerprint density at radius 2 is 2.53 bits per heavy atom. The van der Waals surface area contributed by atoms with Crippen LogP contribution in [0.5, 0.6) is 0 Å². The number of rotatable bonds is 4. The molecule has 0 unspecified atom stereocenters. The van der Waals surface area contributed by atoms with Gasteiger partial charge >= 0.3 is 0 Å². The number of dihydropyridines is 1. The molecule has 0 aromatic carbocycles. The van der Waals surface area contributed by atoms with E-state index in [0.29, 0.717) is 0 Å². The standard InChI is InChI=1S/C11H14N2S2/c1-3-4-7-10(12-2)14-15-11-8-5-6-9-13-11/h3-5,7-8H,2,6,9H2,1H3/b4-3-,10-7+. The molecule has 1 aliphatic rings. The van der Waals surface area contributed by atoms with Gasteiger partial charge in [-0.1, -0.05) is 18.2 Å². The summed E-state index contributed by atoms with van der Waals surface area (Å²) in [6.07, 6.45) is 11.1. The van der Waals surface area contributed by atoms with E-state index in [0.717, 1.165) is 23.0 Å². The summed E-state index contributed by atoms with van der Waals surface area (Å²) < 4.78 is 0. The van der Waals surface area contributed by atoms with E-state index < -0.39 is 0 Å². The second-order valence-electron chi connectivity index (χ2n) is 2.77. The van der Waals surface area contributed by atoms with Crippen molar-refractivity contribution in [2.75, 3.05) is 6.54 Å². The molecule has 0 spiro atoms. The van der Waals surface area contributed by atoms with Gasteiger partial charge in [0.1, 0.15) is 10.1 Å². The van der Waals surface area contributed by atoms with Gasteiger partial charge in [0.15, 0.2) is 0 Å². The summed E-state index contributed by atoms with van der Waals surface area (Å²) in [6.45, 7) is 6.41. The maximum Gasteiger partial charge on any atom is 0.106 e. The Morgan fingerprint density at radius 1 is 1.67 bits per heavy atom. The van der Waals surface area contributed by atoms with Crippen molar-refractivity contribution in [3.63, 3.8) is 0 Å². The number of aliphatic imine (C=N–C) groups is 2. The minimum atomic E-state index is 0.898. The first kappa shape index (κ1) is 12.3. The van der Waals surface area contributed by atoms with Crippen LogP contribution in [0.4, 0.5) is 0 Å². The average Bonchev–Trinajstić information content (AvgIpc) is 2.31. The van der Waals surface area contributed by atoms with Crippen LogP contribution in [0.1, 0.15) is 13.3 Å². The van der Waals surface area contributed by atoms with Gasteiger partial charge in [0, 0.05) is 6.54 Å². The van der Waals surface area contributed by atoms with Gasteiger partial charge in [-0.05, 0) is 53.8 Å². The van der Waals surface area contributed by atoms with Crippen LogP contribution in [0.2, 0.25) is 0 Å². The molecule has 0 N–H and O–H groups in total. The van der Waals surface area contributed by atoms with Gasteiger partial charge in [-0.3, -0.25) is 9.98 Å². The van der Waals surface area contributed by atoms with Gasteiger partial charge in [-0.25, -0.2) is 0 Å². The summed E-state index contributed by atoms with van der Waals surface area (Å²) in [6, 6.07) is 0. The predicted molar refractivity (Wildman–Crippen MR) is 73.7 cm³/mol. The first-order chi connectivity index (χ1) is 7.36. The third-order valence-corrected chi connectivity index (χ3v) is 3.85. The first-order valence-electron chi connectivity index (χ1n) is 4.72. The molecule has 0 saturated carbocycles. The lowest BCUT2D eigenvalue weighted by molar-refractivity contribution is 1.000. The topological polar surface area (TPSA) is 24.7 Å². The van der Waals surface area contributed by atoms with Crippen molar-refractivity contribution in [1.82, 2.24) is 0 Å². The van der Waals surface area contributed by atoms with Crippen LogP contribution in [-0.4, -0.2) is 18.3 Å². The fraction of sp³-hybridized carbons (Fsp3) is 0.273. The summed E-state index contributed by atoms with van der Waals surface area (Å²) in [5.74, 6) is 0. The Hall–Kier alpha value is -0.740. The van der Waals surface area contributed by atoms with E-state index in [1.54, 1.807) is 21.6 Å². The molecule has 0 aromatic rings. The molecular weight excluding hydrogens is 224 g/mol. The molecule has 80 valence electrons. The van der Waals surface area contributed by atoms with E-state index in [1.165, 1.54) is 0 Å². The van der Waals surface area contributed by atoms with Crippen LogP contribution in [-0.2, 0) is 0 Å². The van der Waals surface area contributed by atoms with Crippen molar-refractivity contribution in [1.29, 1.82) is 0 Å². The van der Waals surface area contributed by atoms with Crippen molar-refractivity contribution < 1.29 is 0 Å². The molecule has 4 heteroatoms. The lowest BCUT2D eigenvalue weighted by Gasteiger charge is -2.04. The summed E-state index contributed by atoms with van der Waals surface area (Å²) >= 11 is 0. The van der Waals surface area contributed by atoms with E-state index in [4.69, 9.17) is 0 Å². The minimum Gasteiger partial charge on any atom is -0.277 e. The number of hydrogen-bond acceptors (Lipinski definition) is 4. The van der Waals surface area contributed by atoms with E-state index >= 15 is 0 Å². The third kappa shape index (κ3) is 5.04. The van der Waals surface area contributed by atoms with Gasteiger partial charge in [-0.2, -0.15) is 0 Å². The lowest BCUT2D eigenvalue weighted by atomic mass is 10.3. The fourth-order valence-electron chi connectivity index (χ4n) is 0.911. The maximum absolute atomic E-state index is 4.38. The Morgan fingerprint density at radius 3 is 3.13 bits per heavy atom. The van der Waals surface area contributed by atoms with Crippen LogP contribution < -0.4 is 0 Å². The minimum absolute atomic E-state index is 0.898. The normalized spacial score (nSPS) is 16.9. The quantitative estimate of drug-likeness (QED) is 0.422. The Labute approximate surface area is 98.8 Å². The molecule has 0 bridgehead atoms. The maximum atomic E-state index is 4.38. The third-order valence-electron chi connectivity index (χ3n) is 1.62. The summed E-state index contributed by atoms with van der Waals surface area (Å²) in [7, 11) is 3.21. The molecule has 0 atom stereocenters. The second-order valence-corrected chi connectivity index (χ2v) is 4.94. The highest BCUT2D eigenvalue weighted by molar-refractivity contribution is 8.83. The van der Waals surface area contributed by atoms with Crippen molar-refractivity contribution >= 4 is 33.3 Å². The molecule has 1 rings (SSSR count). The summed E-state index contributed by atoms with van der Waals surface area (Å²) in [4.78, 5) is 8.31. The van der Waals surface area contributed by atoms with Crippen molar-refractivity contribution in [2.45, 2.75) is 13.3 Å². The van der Waals surface area contributed by atoms with Crippen molar-refractivity contribution in [2.24, 2.45) is 9.98 Å². The van der Waals surface area contributed by atoms with Gasteiger partial charge in [0.25, 0.3) is 0 Å². The predicted octanol–water partition coefficient (Wildman–Crippen LogP) is 3.84. The monoisotopic (exact) mass is 238 g/mol. The number of hydrogen-bond donors (Lipinski definition) is 0. The van der Waals surface area contributed by atoms with Crippen LogP contribution in [0.25, 0.3) is 0 Å². The Bertz CT molecular complexity index is 327. The smallest absolute Gasteiger partial charge is 0.106 e. The van der Waals surface area contributed by atoms with E-state index in [9.17, 15) is 0 Å². The van der Waals surface area contributed by atoms with Gasteiger partial charge in [0.05, 0.1) is 0 Å². The molecular formula is C11H14N2S2. The van der Waals surface area contributed by atoms with Gasteiger partial charge in [-0.15, -0.1) is 0 Å². The van der Waals surface area contributed by atoms with Gasteiger partial charge < -0.3 is 0 Å². The fourth-order valence-corrected chi connectivity index (χ4v) is 2.73. The molecule has 15 heavy (non-hydrogen) atoms. The van der Waals surface area contributed by atoms with Gasteiger partial charge in [0.2, 0.25) is 0 Å². The zero-order valence-corrected chi connectivity index (χ0v) is 10.4. The lowest BCUT2D eigenvalue weighted by Crippen LogP contribution is -1.93. The van der Waals surface area contributed by atoms with Crippen LogP contribution in [0.15, 0.2) is 45.4 Å². The van der Waals surface area contributed by atoms with Crippen LogP contribution in [0.3, 0.4) is 0 Å².